The van der Waals surface area contributed by atoms with Gasteiger partial charge in [0.15, 0.2) is 17.3 Å². The van der Waals surface area contributed by atoms with Crippen LogP contribution >= 0.6 is 15.9 Å². The predicted octanol–water partition coefficient (Wildman–Crippen LogP) is 4.20. The van der Waals surface area contributed by atoms with Crippen LogP contribution in [0, 0.1) is 5.82 Å². The van der Waals surface area contributed by atoms with E-state index in [1.165, 1.54) is 37.5 Å². The lowest BCUT2D eigenvalue weighted by atomic mass is 10.1. The summed E-state index contributed by atoms with van der Waals surface area (Å²) in [5, 5.41) is 9.70. The second kappa shape index (κ2) is 6.54. The fourth-order valence-corrected chi connectivity index (χ4v) is 2.19. The van der Waals surface area contributed by atoms with Crippen molar-refractivity contribution in [3.05, 3.63) is 63.9 Å². The standard InChI is InChI=1S/C16H12BrFO3/c1-21-15-9-10(8-13(17)16(15)20)2-7-14(19)11-3-5-12(18)6-4-11/h2-9,20H,1H3. The van der Waals surface area contributed by atoms with E-state index >= 15 is 0 Å². The maximum atomic E-state index is 12.8. The van der Waals surface area contributed by atoms with Crippen LogP contribution < -0.4 is 4.74 Å². The Balaban J connectivity index is 2.23. The summed E-state index contributed by atoms with van der Waals surface area (Å²) >= 11 is 3.21. The van der Waals surface area contributed by atoms with Gasteiger partial charge >= 0.3 is 0 Å². The fraction of sp³-hybridized carbons (Fsp3) is 0.0625. The van der Waals surface area contributed by atoms with Gasteiger partial charge in [-0.2, -0.15) is 0 Å². The van der Waals surface area contributed by atoms with E-state index in [4.69, 9.17) is 4.74 Å². The minimum absolute atomic E-state index is 0.000453. The Morgan fingerprint density at radius 2 is 1.95 bits per heavy atom. The van der Waals surface area contributed by atoms with Gasteiger partial charge in [-0.25, -0.2) is 4.39 Å². The van der Waals surface area contributed by atoms with Gasteiger partial charge in [0, 0.05) is 5.56 Å². The molecule has 2 aromatic rings. The first-order valence-electron chi connectivity index (χ1n) is 6.05. The first kappa shape index (κ1) is 15.3. The van der Waals surface area contributed by atoms with E-state index in [-0.39, 0.29) is 17.3 Å². The summed E-state index contributed by atoms with van der Waals surface area (Å²) in [7, 11) is 1.44. The first-order chi connectivity index (χ1) is 10.0. The molecule has 108 valence electrons. The van der Waals surface area contributed by atoms with Crippen molar-refractivity contribution in [1.29, 1.82) is 0 Å². The predicted molar refractivity (Wildman–Crippen MR) is 82.1 cm³/mol. The van der Waals surface area contributed by atoms with Gasteiger partial charge < -0.3 is 9.84 Å². The molecule has 0 radical (unpaired) electrons. The van der Waals surface area contributed by atoms with Gasteiger partial charge in [0.05, 0.1) is 11.6 Å². The summed E-state index contributed by atoms with van der Waals surface area (Å²) in [5.41, 5.74) is 1.09. The highest BCUT2D eigenvalue weighted by atomic mass is 79.9. The maximum absolute atomic E-state index is 12.8. The Morgan fingerprint density at radius 1 is 1.29 bits per heavy atom. The Kier molecular flexibility index (Phi) is 4.75. The highest BCUT2D eigenvalue weighted by Gasteiger charge is 2.08. The third kappa shape index (κ3) is 3.70. The lowest BCUT2D eigenvalue weighted by Gasteiger charge is -2.06. The number of aromatic hydroxyl groups is 1. The monoisotopic (exact) mass is 350 g/mol. The topological polar surface area (TPSA) is 46.5 Å². The Hall–Kier alpha value is -2.14. The molecule has 0 bridgehead atoms. The van der Waals surface area contributed by atoms with Crippen molar-refractivity contribution < 1.29 is 19.0 Å². The van der Waals surface area contributed by atoms with Gasteiger partial charge in [0.25, 0.3) is 0 Å². The van der Waals surface area contributed by atoms with E-state index in [1.54, 1.807) is 18.2 Å². The molecule has 0 aliphatic carbocycles. The minimum Gasteiger partial charge on any atom is -0.503 e. The third-order valence-corrected chi connectivity index (χ3v) is 3.43. The van der Waals surface area contributed by atoms with Crippen LogP contribution in [0.4, 0.5) is 4.39 Å². The first-order valence-corrected chi connectivity index (χ1v) is 6.85. The minimum atomic E-state index is -0.386. The van der Waals surface area contributed by atoms with Crippen molar-refractivity contribution in [1.82, 2.24) is 0 Å². The summed E-state index contributed by atoms with van der Waals surface area (Å²) in [5.74, 6) is -0.321. The van der Waals surface area contributed by atoms with Gasteiger partial charge in [-0.1, -0.05) is 6.08 Å². The van der Waals surface area contributed by atoms with Crippen LogP contribution in [0.3, 0.4) is 0 Å². The number of methoxy groups -OCH3 is 1. The van der Waals surface area contributed by atoms with E-state index in [2.05, 4.69) is 15.9 Å². The van der Waals surface area contributed by atoms with Gasteiger partial charge in [-0.15, -0.1) is 0 Å². The molecule has 1 N–H and O–H groups in total. The lowest BCUT2D eigenvalue weighted by Crippen LogP contribution is -1.94. The van der Waals surface area contributed by atoms with Crippen molar-refractivity contribution in [2.75, 3.05) is 7.11 Å². The second-order valence-electron chi connectivity index (χ2n) is 4.26. The largest absolute Gasteiger partial charge is 0.503 e. The number of carbonyl (C=O) groups excluding carboxylic acids is 1. The molecule has 0 fully saturated rings. The number of hydrogen-bond acceptors (Lipinski definition) is 3. The summed E-state index contributed by atoms with van der Waals surface area (Å²) in [6.07, 6.45) is 2.98. The molecule has 0 aliphatic heterocycles. The average molecular weight is 351 g/mol. The molecule has 5 heteroatoms. The number of halogens is 2. The van der Waals surface area contributed by atoms with Gasteiger partial charge in [0.2, 0.25) is 0 Å². The number of phenols is 1. The van der Waals surface area contributed by atoms with Crippen LogP contribution in [-0.2, 0) is 0 Å². The zero-order chi connectivity index (χ0) is 15.4. The van der Waals surface area contributed by atoms with Crippen molar-refractivity contribution in [3.8, 4) is 11.5 Å². The molecule has 0 saturated carbocycles. The number of benzene rings is 2. The quantitative estimate of drug-likeness (QED) is 0.663. The average Bonchev–Trinajstić information content (AvgIpc) is 2.48. The van der Waals surface area contributed by atoms with Crippen LogP contribution in [0.2, 0.25) is 0 Å². The van der Waals surface area contributed by atoms with Crippen molar-refractivity contribution in [3.63, 3.8) is 0 Å². The van der Waals surface area contributed by atoms with Crippen LogP contribution in [0.25, 0.3) is 6.08 Å². The number of carbonyl (C=O) groups is 1. The van der Waals surface area contributed by atoms with E-state index in [9.17, 15) is 14.3 Å². The number of rotatable bonds is 4. The molecule has 0 unspecified atom stereocenters. The molecule has 0 amide bonds. The van der Waals surface area contributed by atoms with Crippen LogP contribution in [0.5, 0.6) is 11.5 Å². The molecule has 2 aromatic carbocycles. The number of ether oxygens (including phenoxy) is 1. The summed E-state index contributed by atoms with van der Waals surface area (Å²) < 4.78 is 18.3. The van der Waals surface area contributed by atoms with Crippen LogP contribution in [-0.4, -0.2) is 18.0 Å². The highest BCUT2D eigenvalue weighted by molar-refractivity contribution is 9.10. The maximum Gasteiger partial charge on any atom is 0.185 e. The van der Waals surface area contributed by atoms with E-state index in [0.717, 1.165) is 0 Å². The molecule has 0 spiro atoms. The van der Waals surface area contributed by atoms with Crippen molar-refractivity contribution >= 4 is 27.8 Å². The molecule has 0 aromatic heterocycles. The molecule has 0 heterocycles. The molecule has 0 atom stereocenters. The zero-order valence-corrected chi connectivity index (χ0v) is 12.7. The molecule has 21 heavy (non-hydrogen) atoms. The van der Waals surface area contributed by atoms with E-state index in [1.807, 2.05) is 0 Å². The van der Waals surface area contributed by atoms with Crippen LogP contribution in [0.1, 0.15) is 15.9 Å². The summed E-state index contributed by atoms with van der Waals surface area (Å²) in [4.78, 5) is 11.9. The summed E-state index contributed by atoms with van der Waals surface area (Å²) in [6.45, 7) is 0. The normalized spacial score (nSPS) is 10.8. The number of hydrogen-bond donors (Lipinski definition) is 1. The molecule has 0 aliphatic rings. The Labute approximate surface area is 129 Å². The smallest absolute Gasteiger partial charge is 0.185 e. The zero-order valence-electron chi connectivity index (χ0n) is 11.1. The summed E-state index contributed by atoms with van der Waals surface area (Å²) in [6, 6.07) is 8.59. The molecule has 0 saturated heterocycles. The fourth-order valence-electron chi connectivity index (χ4n) is 1.73. The molecule has 3 nitrogen and oxygen atoms in total. The SMILES string of the molecule is COc1cc(C=CC(=O)c2ccc(F)cc2)cc(Br)c1O. The van der Waals surface area contributed by atoms with Gasteiger partial charge in [-0.3, -0.25) is 4.79 Å². The van der Waals surface area contributed by atoms with Crippen LogP contribution in [0.15, 0.2) is 46.9 Å². The number of phenolic OH excluding ortho intramolecular Hbond substituents is 1. The van der Waals surface area contributed by atoms with Crippen molar-refractivity contribution in [2.24, 2.45) is 0 Å². The van der Waals surface area contributed by atoms with Gasteiger partial charge in [0.1, 0.15) is 5.82 Å². The lowest BCUT2D eigenvalue weighted by molar-refractivity contribution is 0.104. The van der Waals surface area contributed by atoms with E-state index < -0.39 is 0 Å². The molecule has 2 rings (SSSR count). The third-order valence-electron chi connectivity index (χ3n) is 2.83. The number of ketones is 1. The molecular weight excluding hydrogens is 339 g/mol. The second-order valence-corrected chi connectivity index (χ2v) is 5.11. The number of allylic oxidation sites excluding steroid dienone is 1. The Morgan fingerprint density at radius 3 is 2.57 bits per heavy atom. The van der Waals surface area contributed by atoms with Gasteiger partial charge in [-0.05, 0) is 64.0 Å². The molecular formula is C16H12BrFO3. The Bertz CT molecular complexity index is 693. The van der Waals surface area contributed by atoms with Crippen molar-refractivity contribution in [2.45, 2.75) is 0 Å². The van der Waals surface area contributed by atoms with E-state index in [0.29, 0.717) is 21.3 Å². The highest BCUT2D eigenvalue weighted by Crippen LogP contribution is 2.35.